The van der Waals surface area contributed by atoms with E-state index < -0.39 is 0 Å². The van der Waals surface area contributed by atoms with Crippen LogP contribution in [-0.2, 0) is 0 Å². The molecule has 1 saturated carbocycles. The summed E-state index contributed by atoms with van der Waals surface area (Å²) in [5.41, 5.74) is 1.40. The molecule has 0 bridgehead atoms. The van der Waals surface area contributed by atoms with Gasteiger partial charge in [-0.1, -0.05) is 53.9 Å². The van der Waals surface area contributed by atoms with Crippen LogP contribution in [0.2, 0.25) is 0 Å². The average Bonchev–Trinajstić information content (AvgIpc) is 2.76. The molecule has 1 fully saturated rings. The lowest BCUT2D eigenvalue weighted by molar-refractivity contribution is 0.214. The van der Waals surface area contributed by atoms with E-state index in [1.807, 2.05) is 0 Å². The van der Waals surface area contributed by atoms with Crippen molar-refractivity contribution >= 4 is 0 Å². The van der Waals surface area contributed by atoms with E-state index in [0.717, 1.165) is 11.3 Å². The molecule has 84 valence electrons. The SMILES string of the molecule is CCCC1(CC)CC1(C)C(CC)CC. The second kappa shape index (κ2) is 4.24. The van der Waals surface area contributed by atoms with Gasteiger partial charge in [0.15, 0.2) is 0 Å². The summed E-state index contributed by atoms with van der Waals surface area (Å²) in [5, 5.41) is 0. The van der Waals surface area contributed by atoms with Crippen LogP contribution in [0.1, 0.15) is 73.1 Å². The van der Waals surface area contributed by atoms with E-state index in [1.165, 1.54) is 38.5 Å². The Kier molecular flexibility index (Phi) is 3.66. The molecule has 0 aromatic heterocycles. The van der Waals surface area contributed by atoms with Crippen LogP contribution in [0.5, 0.6) is 0 Å². The summed E-state index contributed by atoms with van der Waals surface area (Å²) in [6.45, 7) is 12.0. The predicted octanol–water partition coefficient (Wildman–Crippen LogP) is 5.03. The molecule has 0 saturated heterocycles. The van der Waals surface area contributed by atoms with Gasteiger partial charge in [0.1, 0.15) is 0 Å². The molecule has 0 nitrogen and oxygen atoms in total. The van der Waals surface area contributed by atoms with Crippen LogP contribution in [0.15, 0.2) is 0 Å². The van der Waals surface area contributed by atoms with Gasteiger partial charge in [-0.25, -0.2) is 0 Å². The zero-order valence-electron chi connectivity index (χ0n) is 10.8. The van der Waals surface area contributed by atoms with Gasteiger partial charge in [0, 0.05) is 0 Å². The highest BCUT2D eigenvalue weighted by atomic mass is 14.7. The van der Waals surface area contributed by atoms with Crippen LogP contribution in [0, 0.1) is 16.7 Å². The summed E-state index contributed by atoms with van der Waals surface area (Å²) in [4.78, 5) is 0. The molecule has 0 aliphatic heterocycles. The highest BCUT2D eigenvalue weighted by Crippen LogP contribution is 2.72. The van der Waals surface area contributed by atoms with E-state index in [-0.39, 0.29) is 0 Å². The fourth-order valence-electron chi connectivity index (χ4n) is 3.98. The highest BCUT2D eigenvalue weighted by molar-refractivity contribution is 5.13. The molecule has 1 aliphatic rings. The first kappa shape index (κ1) is 12.1. The third-order valence-corrected chi connectivity index (χ3v) is 5.08. The maximum Gasteiger partial charge on any atom is -0.0236 e. The maximum absolute atomic E-state index is 2.55. The minimum absolute atomic E-state index is 0.682. The van der Waals surface area contributed by atoms with E-state index in [4.69, 9.17) is 0 Å². The molecular weight excluding hydrogens is 168 g/mol. The summed E-state index contributed by atoms with van der Waals surface area (Å²) in [7, 11) is 0. The molecule has 14 heavy (non-hydrogen) atoms. The van der Waals surface area contributed by atoms with Gasteiger partial charge in [-0.05, 0) is 36.0 Å². The van der Waals surface area contributed by atoms with Gasteiger partial charge in [-0.3, -0.25) is 0 Å². The Morgan fingerprint density at radius 3 is 2.00 bits per heavy atom. The average molecular weight is 196 g/mol. The fourth-order valence-corrected chi connectivity index (χ4v) is 3.98. The third kappa shape index (κ3) is 1.61. The Morgan fingerprint density at radius 2 is 1.64 bits per heavy atom. The standard InChI is InChI=1S/C14H28/c1-6-10-14(9-4)11-13(14,5)12(7-2)8-3/h12H,6-11H2,1-5H3. The largest absolute Gasteiger partial charge is 0.0654 e. The van der Waals surface area contributed by atoms with Crippen molar-refractivity contribution in [2.24, 2.45) is 16.7 Å². The third-order valence-electron chi connectivity index (χ3n) is 5.08. The monoisotopic (exact) mass is 196 g/mol. The summed E-state index contributed by atoms with van der Waals surface area (Å²) in [6.07, 6.45) is 8.46. The normalized spacial score (nSPS) is 36.4. The van der Waals surface area contributed by atoms with Gasteiger partial charge in [0.2, 0.25) is 0 Å². The first-order chi connectivity index (χ1) is 6.60. The molecule has 0 amide bonds. The fraction of sp³-hybridized carbons (Fsp3) is 1.00. The molecule has 0 aromatic rings. The van der Waals surface area contributed by atoms with Crippen LogP contribution in [0.3, 0.4) is 0 Å². The Labute approximate surface area is 90.5 Å². The van der Waals surface area contributed by atoms with Crippen molar-refractivity contribution < 1.29 is 0 Å². The molecule has 0 radical (unpaired) electrons. The predicted molar refractivity (Wildman–Crippen MR) is 64.4 cm³/mol. The van der Waals surface area contributed by atoms with Gasteiger partial charge < -0.3 is 0 Å². The summed E-state index contributed by atoms with van der Waals surface area (Å²) >= 11 is 0. The van der Waals surface area contributed by atoms with E-state index in [2.05, 4.69) is 34.6 Å². The Morgan fingerprint density at radius 1 is 1.07 bits per heavy atom. The van der Waals surface area contributed by atoms with Crippen molar-refractivity contribution in [3.8, 4) is 0 Å². The van der Waals surface area contributed by atoms with E-state index in [0.29, 0.717) is 5.41 Å². The van der Waals surface area contributed by atoms with Gasteiger partial charge in [-0.2, -0.15) is 0 Å². The molecule has 2 unspecified atom stereocenters. The molecule has 0 spiro atoms. The quantitative estimate of drug-likeness (QED) is 0.559. The Hall–Kier alpha value is 0. The molecule has 0 aromatic carbocycles. The lowest BCUT2D eigenvalue weighted by Gasteiger charge is -2.28. The van der Waals surface area contributed by atoms with E-state index in [1.54, 1.807) is 0 Å². The molecular formula is C14H28. The molecule has 1 aliphatic carbocycles. The zero-order valence-corrected chi connectivity index (χ0v) is 10.8. The van der Waals surface area contributed by atoms with Crippen LogP contribution >= 0.6 is 0 Å². The topological polar surface area (TPSA) is 0 Å². The van der Waals surface area contributed by atoms with E-state index in [9.17, 15) is 0 Å². The number of rotatable bonds is 6. The van der Waals surface area contributed by atoms with Crippen LogP contribution in [0.4, 0.5) is 0 Å². The Bertz CT molecular complexity index is 180. The lowest BCUT2D eigenvalue weighted by atomic mass is 9.77. The van der Waals surface area contributed by atoms with Crippen LogP contribution in [0.25, 0.3) is 0 Å². The zero-order chi connectivity index (χ0) is 10.8. The van der Waals surface area contributed by atoms with E-state index >= 15 is 0 Å². The maximum atomic E-state index is 2.55. The first-order valence-electron chi connectivity index (χ1n) is 6.60. The van der Waals surface area contributed by atoms with Gasteiger partial charge in [0.05, 0.1) is 0 Å². The van der Waals surface area contributed by atoms with Gasteiger partial charge in [-0.15, -0.1) is 0 Å². The molecule has 0 heterocycles. The summed E-state index contributed by atoms with van der Waals surface area (Å²) in [6, 6.07) is 0. The highest BCUT2D eigenvalue weighted by Gasteiger charge is 2.63. The van der Waals surface area contributed by atoms with Crippen molar-refractivity contribution in [2.75, 3.05) is 0 Å². The van der Waals surface area contributed by atoms with Crippen molar-refractivity contribution in [3.63, 3.8) is 0 Å². The smallest absolute Gasteiger partial charge is 0.0236 e. The molecule has 1 rings (SSSR count). The Balaban J connectivity index is 2.69. The summed E-state index contributed by atoms with van der Waals surface area (Å²) in [5.74, 6) is 0.967. The van der Waals surface area contributed by atoms with Crippen molar-refractivity contribution in [1.29, 1.82) is 0 Å². The number of hydrogen-bond acceptors (Lipinski definition) is 0. The second-order valence-corrected chi connectivity index (χ2v) is 5.49. The minimum Gasteiger partial charge on any atom is -0.0654 e. The number of hydrogen-bond donors (Lipinski definition) is 0. The molecule has 0 heteroatoms. The first-order valence-corrected chi connectivity index (χ1v) is 6.60. The molecule has 2 atom stereocenters. The van der Waals surface area contributed by atoms with Crippen LogP contribution in [-0.4, -0.2) is 0 Å². The summed E-state index contributed by atoms with van der Waals surface area (Å²) < 4.78 is 0. The van der Waals surface area contributed by atoms with Crippen molar-refractivity contribution in [3.05, 3.63) is 0 Å². The lowest BCUT2D eigenvalue weighted by Crippen LogP contribution is -2.19. The minimum atomic E-state index is 0.682. The van der Waals surface area contributed by atoms with Crippen molar-refractivity contribution in [2.45, 2.75) is 73.1 Å². The van der Waals surface area contributed by atoms with Crippen molar-refractivity contribution in [1.82, 2.24) is 0 Å². The van der Waals surface area contributed by atoms with Gasteiger partial charge in [0.25, 0.3) is 0 Å². The second-order valence-electron chi connectivity index (χ2n) is 5.49. The van der Waals surface area contributed by atoms with Crippen LogP contribution < -0.4 is 0 Å². The van der Waals surface area contributed by atoms with Gasteiger partial charge >= 0.3 is 0 Å². The molecule has 0 N–H and O–H groups in total.